The summed E-state index contributed by atoms with van der Waals surface area (Å²) in [5.74, 6) is 0. The van der Waals surface area contributed by atoms with Crippen LogP contribution in [0, 0.1) is 5.41 Å². The molecule has 3 N–H and O–H groups in total. The average molecular weight is 127 g/mol. The molecule has 0 spiro atoms. The number of nitrogens with one attached hydrogen (secondary N) is 3. The smallest absolute Gasteiger partial charge is 0.231 e. The highest BCUT2D eigenvalue weighted by atomic mass is 16.1. The van der Waals surface area contributed by atoms with Crippen molar-refractivity contribution in [2.24, 2.45) is 0 Å². The summed E-state index contributed by atoms with van der Waals surface area (Å²) in [5, 5.41) is 11.5. The highest BCUT2D eigenvalue weighted by Gasteiger charge is 1.81. The molecule has 0 aromatic carbocycles. The van der Waals surface area contributed by atoms with E-state index in [1.807, 2.05) is 12.3 Å². The summed E-state index contributed by atoms with van der Waals surface area (Å²) < 4.78 is 0. The fourth-order valence-electron chi connectivity index (χ4n) is 0.429. The third kappa shape index (κ3) is 6.88. The van der Waals surface area contributed by atoms with Gasteiger partial charge in [-0.05, 0) is 6.20 Å². The topological polar surface area (TPSA) is 65.0 Å². The molecule has 1 rings (SSSR count). The maximum Gasteiger partial charge on any atom is 0.231 e. The molecule has 0 saturated heterocycles. The lowest BCUT2D eigenvalue weighted by atomic mass is 10.5. The highest BCUT2D eigenvalue weighted by molar-refractivity contribution is 5.26. The summed E-state index contributed by atoms with van der Waals surface area (Å²) in [6.07, 6.45) is 4.75. The van der Waals surface area contributed by atoms with Crippen molar-refractivity contribution in [3.8, 4) is 0 Å². The second-order valence-electron chi connectivity index (χ2n) is 1.34. The van der Waals surface area contributed by atoms with Crippen molar-refractivity contribution in [1.82, 2.24) is 10.6 Å². The van der Waals surface area contributed by atoms with Gasteiger partial charge in [-0.2, -0.15) is 0 Å². The first-order valence-corrected chi connectivity index (χ1v) is 2.55. The number of rotatable bonds is 0. The van der Waals surface area contributed by atoms with Gasteiger partial charge in [-0.15, -0.1) is 0 Å². The van der Waals surface area contributed by atoms with E-state index in [-0.39, 0.29) is 0 Å². The number of hydrogen-bond donors (Lipinski definition) is 3. The molecule has 0 atom stereocenters. The van der Waals surface area contributed by atoms with Gasteiger partial charge >= 0.3 is 0 Å². The van der Waals surface area contributed by atoms with Crippen LogP contribution >= 0.6 is 0 Å². The van der Waals surface area contributed by atoms with Crippen LogP contribution in [0.2, 0.25) is 0 Å². The molecule has 0 bridgehead atoms. The van der Waals surface area contributed by atoms with Crippen molar-refractivity contribution in [3.05, 3.63) is 12.3 Å². The van der Waals surface area contributed by atoms with Crippen molar-refractivity contribution in [2.75, 3.05) is 13.2 Å². The van der Waals surface area contributed by atoms with E-state index in [2.05, 4.69) is 10.6 Å². The molecule has 0 unspecified atom stereocenters. The average Bonchev–Trinajstić information content (AvgIpc) is 1.93. The predicted octanol–water partition coefficient (Wildman–Crippen LogP) is -0.449. The van der Waals surface area contributed by atoms with Crippen LogP contribution in [0.25, 0.3) is 0 Å². The molecule has 1 aliphatic heterocycles. The van der Waals surface area contributed by atoms with Gasteiger partial charge in [0.05, 0.1) is 6.67 Å². The molecule has 0 aromatic heterocycles. The number of carbonyl (C=O) groups excluding carboxylic acids is 1. The first-order chi connectivity index (χ1) is 4.41. The Morgan fingerprint density at radius 3 is 2.44 bits per heavy atom. The molecule has 9 heavy (non-hydrogen) atoms. The van der Waals surface area contributed by atoms with Crippen molar-refractivity contribution in [3.63, 3.8) is 0 Å². The monoisotopic (exact) mass is 127 g/mol. The van der Waals surface area contributed by atoms with Crippen molar-refractivity contribution < 1.29 is 4.79 Å². The summed E-state index contributed by atoms with van der Waals surface area (Å²) in [4.78, 5) is 8.35. The predicted molar refractivity (Wildman–Crippen MR) is 33.6 cm³/mol. The summed E-state index contributed by atoms with van der Waals surface area (Å²) in [6, 6.07) is 0. The fraction of sp³-hybridized carbons (Fsp3) is 0.400. The highest BCUT2D eigenvalue weighted by Crippen LogP contribution is 1.68. The Morgan fingerprint density at radius 2 is 2.33 bits per heavy atom. The molecule has 0 fully saturated rings. The molecule has 4 heteroatoms. The molecule has 0 saturated carbocycles. The van der Waals surface area contributed by atoms with Gasteiger partial charge in [0.25, 0.3) is 0 Å². The van der Waals surface area contributed by atoms with Crippen LogP contribution in [0.1, 0.15) is 0 Å². The van der Waals surface area contributed by atoms with E-state index in [9.17, 15) is 0 Å². The van der Waals surface area contributed by atoms with E-state index in [1.165, 1.54) is 0 Å². The Bertz CT molecular complexity index is 107. The maximum absolute atomic E-state index is 8.35. The zero-order valence-electron chi connectivity index (χ0n) is 4.98. The minimum absolute atomic E-state index is 0.750. The van der Waals surface area contributed by atoms with Gasteiger partial charge in [-0.3, -0.25) is 5.32 Å². The Balaban J connectivity index is 0.000000187. The molecule has 1 heterocycles. The molecule has 4 nitrogen and oxygen atoms in total. The summed E-state index contributed by atoms with van der Waals surface area (Å²) in [7, 11) is 0. The van der Waals surface area contributed by atoms with Crippen LogP contribution < -0.4 is 10.6 Å². The van der Waals surface area contributed by atoms with Gasteiger partial charge < -0.3 is 5.32 Å². The van der Waals surface area contributed by atoms with Crippen LogP contribution in [-0.4, -0.2) is 19.3 Å². The van der Waals surface area contributed by atoms with Crippen LogP contribution in [0.15, 0.2) is 12.3 Å². The summed E-state index contributed by atoms with van der Waals surface area (Å²) >= 11 is 0. The minimum atomic E-state index is 0.750. The Labute approximate surface area is 53.5 Å². The van der Waals surface area contributed by atoms with Crippen LogP contribution in [0.3, 0.4) is 0 Å². The van der Waals surface area contributed by atoms with Crippen LogP contribution in [-0.2, 0) is 4.79 Å². The molecule has 0 aromatic rings. The SMILES string of the molecule is C1=CNCNC1.N=C=O. The van der Waals surface area contributed by atoms with Gasteiger partial charge in [0.2, 0.25) is 6.08 Å². The first kappa shape index (κ1) is 7.88. The molecule has 0 aliphatic carbocycles. The summed E-state index contributed by atoms with van der Waals surface area (Å²) in [6.45, 7) is 1.92. The molecule has 50 valence electrons. The van der Waals surface area contributed by atoms with E-state index in [0.717, 1.165) is 19.3 Å². The van der Waals surface area contributed by atoms with Gasteiger partial charge in [0.1, 0.15) is 0 Å². The number of isocyanates is 1. The molecule has 0 amide bonds. The van der Waals surface area contributed by atoms with E-state index in [4.69, 9.17) is 10.2 Å². The Hall–Kier alpha value is -1.12. The van der Waals surface area contributed by atoms with E-state index in [0.29, 0.717) is 0 Å². The fourth-order valence-corrected chi connectivity index (χ4v) is 0.429. The van der Waals surface area contributed by atoms with Crippen molar-refractivity contribution in [2.45, 2.75) is 0 Å². The van der Waals surface area contributed by atoms with Crippen LogP contribution in [0.4, 0.5) is 0 Å². The lowest BCUT2D eigenvalue weighted by Gasteiger charge is -2.05. The van der Waals surface area contributed by atoms with Gasteiger partial charge in [-0.1, -0.05) is 6.08 Å². The Morgan fingerprint density at radius 1 is 1.67 bits per heavy atom. The number of hydrogen-bond acceptors (Lipinski definition) is 4. The van der Waals surface area contributed by atoms with Crippen molar-refractivity contribution in [1.29, 1.82) is 5.41 Å². The zero-order chi connectivity index (χ0) is 6.95. The maximum atomic E-state index is 8.35. The summed E-state index contributed by atoms with van der Waals surface area (Å²) in [5.41, 5.74) is 0. The molecule has 0 radical (unpaired) electrons. The third-order valence-electron chi connectivity index (χ3n) is 0.725. The Kier molecular flexibility index (Phi) is 6.02. The van der Waals surface area contributed by atoms with E-state index < -0.39 is 0 Å². The third-order valence-corrected chi connectivity index (χ3v) is 0.725. The van der Waals surface area contributed by atoms with Gasteiger partial charge in [0.15, 0.2) is 0 Å². The van der Waals surface area contributed by atoms with Gasteiger partial charge in [0, 0.05) is 6.54 Å². The first-order valence-electron chi connectivity index (χ1n) is 2.55. The molecular formula is C5H9N3O. The normalized spacial score (nSPS) is 14.2. The van der Waals surface area contributed by atoms with E-state index >= 15 is 0 Å². The lowest BCUT2D eigenvalue weighted by molar-refractivity contribution is 0.563. The largest absolute Gasteiger partial charge is 0.379 e. The standard InChI is InChI=1S/C4H8N2.CHNO/c1-2-5-4-6-3-1;2-1-3/h1-2,5-6H,3-4H2;2H. The minimum Gasteiger partial charge on any atom is -0.379 e. The van der Waals surface area contributed by atoms with Gasteiger partial charge in [-0.25, -0.2) is 10.2 Å². The quantitative estimate of drug-likeness (QED) is 0.305. The molecular weight excluding hydrogens is 118 g/mol. The second-order valence-corrected chi connectivity index (χ2v) is 1.34. The lowest BCUT2D eigenvalue weighted by Crippen LogP contribution is -2.29. The van der Waals surface area contributed by atoms with Crippen molar-refractivity contribution >= 4 is 6.08 Å². The van der Waals surface area contributed by atoms with E-state index in [1.54, 1.807) is 0 Å². The molecule has 1 aliphatic rings. The second kappa shape index (κ2) is 6.88. The van der Waals surface area contributed by atoms with Crippen LogP contribution in [0.5, 0.6) is 0 Å². The zero-order valence-corrected chi connectivity index (χ0v) is 4.98.